The highest BCUT2D eigenvalue weighted by Gasteiger charge is 2.24. The summed E-state index contributed by atoms with van der Waals surface area (Å²) >= 11 is 1.62. The van der Waals surface area contributed by atoms with Crippen LogP contribution in [0.4, 0.5) is 5.69 Å². The van der Waals surface area contributed by atoms with Gasteiger partial charge in [-0.15, -0.1) is 11.8 Å². The van der Waals surface area contributed by atoms with Crippen molar-refractivity contribution in [2.24, 2.45) is 7.05 Å². The molecule has 0 aliphatic carbocycles. The minimum atomic E-state index is -0.0461. The van der Waals surface area contributed by atoms with Gasteiger partial charge in [0.15, 0.2) is 0 Å². The van der Waals surface area contributed by atoms with E-state index in [4.69, 9.17) is 0 Å². The van der Waals surface area contributed by atoms with Gasteiger partial charge < -0.3 is 4.90 Å². The van der Waals surface area contributed by atoms with Crippen molar-refractivity contribution in [3.8, 4) is 5.69 Å². The Kier molecular flexibility index (Phi) is 6.48. The number of aryl methyl sites for hydroxylation is 2. The monoisotopic (exact) mass is 438 g/mol. The summed E-state index contributed by atoms with van der Waals surface area (Å²) in [7, 11) is 2.00. The van der Waals surface area contributed by atoms with Crippen molar-refractivity contribution in [1.82, 2.24) is 24.5 Å². The van der Waals surface area contributed by atoms with Gasteiger partial charge in [-0.25, -0.2) is 0 Å². The molecule has 1 aliphatic rings. The van der Waals surface area contributed by atoms with E-state index in [-0.39, 0.29) is 5.56 Å². The lowest BCUT2D eigenvalue weighted by Gasteiger charge is -2.36. The molecule has 1 fully saturated rings. The van der Waals surface area contributed by atoms with Crippen molar-refractivity contribution < 1.29 is 0 Å². The highest BCUT2D eigenvalue weighted by Crippen LogP contribution is 2.30. The first-order chi connectivity index (χ1) is 14.9. The lowest BCUT2D eigenvalue weighted by Crippen LogP contribution is -2.47. The smallest absolute Gasteiger partial charge is 0.287 e. The van der Waals surface area contributed by atoms with Crippen LogP contribution in [-0.4, -0.2) is 55.9 Å². The number of thioether (sulfide) groups is 1. The number of hydrogen-bond donors (Lipinski definition) is 0. The van der Waals surface area contributed by atoms with Crippen LogP contribution >= 0.6 is 11.8 Å². The highest BCUT2D eigenvalue weighted by atomic mass is 32.2. The SMILES string of the molecule is Cc1cc(CN2CCN(c3cnn(-c4ccccc4)c(=O)c3SC(C)C)CC2)n(C)n1. The zero-order valence-electron chi connectivity index (χ0n) is 18.7. The third-order valence-electron chi connectivity index (χ3n) is 5.47. The molecule has 0 radical (unpaired) electrons. The van der Waals surface area contributed by atoms with E-state index in [2.05, 4.69) is 39.9 Å². The normalized spacial score (nSPS) is 15.1. The van der Waals surface area contributed by atoms with Crippen LogP contribution in [0, 0.1) is 6.92 Å². The molecule has 2 aromatic heterocycles. The van der Waals surface area contributed by atoms with E-state index in [1.165, 1.54) is 10.4 Å². The second-order valence-electron chi connectivity index (χ2n) is 8.24. The van der Waals surface area contributed by atoms with Crippen LogP contribution in [0.3, 0.4) is 0 Å². The first kappa shape index (κ1) is 21.6. The third kappa shape index (κ3) is 4.85. The molecule has 0 amide bonds. The van der Waals surface area contributed by atoms with E-state index in [1.54, 1.807) is 11.8 Å². The number of aromatic nitrogens is 4. The second-order valence-corrected chi connectivity index (χ2v) is 9.83. The molecule has 8 heteroatoms. The van der Waals surface area contributed by atoms with Gasteiger partial charge in [-0.05, 0) is 25.1 Å². The van der Waals surface area contributed by atoms with E-state index in [0.29, 0.717) is 5.25 Å². The molecule has 0 bridgehead atoms. The molecule has 3 aromatic rings. The Balaban J connectivity index is 1.54. The summed E-state index contributed by atoms with van der Waals surface area (Å²) in [6, 6.07) is 11.8. The predicted octanol–water partition coefficient (Wildman–Crippen LogP) is 3.10. The van der Waals surface area contributed by atoms with Crippen LogP contribution in [0.2, 0.25) is 0 Å². The van der Waals surface area contributed by atoms with Crippen LogP contribution < -0.4 is 10.5 Å². The van der Waals surface area contributed by atoms with Crippen molar-refractivity contribution in [3.63, 3.8) is 0 Å². The van der Waals surface area contributed by atoms with Crippen molar-refractivity contribution in [2.75, 3.05) is 31.1 Å². The molecule has 0 atom stereocenters. The van der Waals surface area contributed by atoms with Crippen molar-refractivity contribution in [1.29, 1.82) is 0 Å². The molecule has 1 saturated heterocycles. The zero-order valence-corrected chi connectivity index (χ0v) is 19.5. The Morgan fingerprint density at radius 3 is 2.42 bits per heavy atom. The average Bonchev–Trinajstić information content (AvgIpc) is 3.07. The lowest BCUT2D eigenvalue weighted by atomic mass is 10.2. The van der Waals surface area contributed by atoms with E-state index in [9.17, 15) is 4.79 Å². The summed E-state index contributed by atoms with van der Waals surface area (Å²) < 4.78 is 3.47. The van der Waals surface area contributed by atoms with E-state index < -0.39 is 0 Å². The van der Waals surface area contributed by atoms with Crippen LogP contribution in [0.5, 0.6) is 0 Å². The first-order valence-corrected chi connectivity index (χ1v) is 11.6. The lowest BCUT2D eigenvalue weighted by molar-refractivity contribution is 0.243. The molecule has 1 aromatic carbocycles. The van der Waals surface area contributed by atoms with Crippen LogP contribution in [0.25, 0.3) is 5.69 Å². The fourth-order valence-electron chi connectivity index (χ4n) is 3.94. The topological polar surface area (TPSA) is 59.2 Å². The maximum Gasteiger partial charge on any atom is 0.287 e. The number of anilines is 1. The fourth-order valence-corrected chi connectivity index (χ4v) is 4.90. The largest absolute Gasteiger partial charge is 0.367 e. The molecule has 4 rings (SSSR count). The minimum absolute atomic E-state index is 0.0461. The number of rotatable bonds is 6. The number of hydrogen-bond acceptors (Lipinski definition) is 6. The van der Waals surface area contributed by atoms with Crippen molar-refractivity contribution in [2.45, 2.75) is 37.5 Å². The van der Waals surface area contributed by atoms with Gasteiger partial charge in [0.05, 0.1) is 33.9 Å². The summed E-state index contributed by atoms with van der Waals surface area (Å²) in [6.45, 7) is 10.8. The van der Waals surface area contributed by atoms with Gasteiger partial charge in [-0.1, -0.05) is 32.0 Å². The van der Waals surface area contributed by atoms with Gasteiger partial charge in [0.1, 0.15) is 0 Å². The average molecular weight is 439 g/mol. The van der Waals surface area contributed by atoms with Crippen LogP contribution in [0.15, 0.2) is 52.3 Å². The van der Waals surface area contributed by atoms with Crippen LogP contribution in [0.1, 0.15) is 25.2 Å². The van der Waals surface area contributed by atoms with Gasteiger partial charge >= 0.3 is 0 Å². The summed E-state index contributed by atoms with van der Waals surface area (Å²) in [5.74, 6) is 0. The number of piperazine rings is 1. The van der Waals surface area contributed by atoms with Gasteiger partial charge in [-0.3, -0.25) is 14.4 Å². The molecule has 0 unspecified atom stereocenters. The van der Waals surface area contributed by atoms with Gasteiger partial charge in [0.2, 0.25) is 0 Å². The Morgan fingerprint density at radius 1 is 1.10 bits per heavy atom. The Hall–Kier alpha value is -2.58. The molecule has 3 heterocycles. The molecular formula is C23H30N6OS. The van der Waals surface area contributed by atoms with Crippen LogP contribution in [-0.2, 0) is 13.6 Å². The molecular weight excluding hydrogens is 408 g/mol. The second kappa shape index (κ2) is 9.28. The molecule has 0 saturated carbocycles. The predicted molar refractivity (Wildman–Crippen MR) is 126 cm³/mol. The quantitative estimate of drug-likeness (QED) is 0.551. The highest BCUT2D eigenvalue weighted by molar-refractivity contribution is 8.00. The summed E-state index contributed by atoms with van der Waals surface area (Å²) in [4.78, 5) is 18.9. The molecule has 0 spiro atoms. The molecule has 1 aliphatic heterocycles. The molecule has 31 heavy (non-hydrogen) atoms. The number of benzene rings is 1. The van der Waals surface area contributed by atoms with E-state index in [1.807, 2.05) is 55.2 Å². The van der Waals surface area contributed by atoms with Gasteiger partial charge in [0.25, 0.3) is 5.56 Å². The summed E-state index contributed by atoms with van der Waals surface area (Å²) in [5, 5.41) is 9.28. The Labute approximate surface area is 187 Å². The van der Waals surface area contributed by atoms with Gasteiger partial charge in [-0.2, -0.15) is 14.9 Å². The van der Waals surface area contributed by atoms with E-state index in [0.717, 1.165) is 54.7 Å². The first-order valence-electron chi connectivity index (χ1n) is 10.7. The summed E-state index contributed by atoms with van der Waals surface area (Å²) in [6.07, 6.45) is 1.86. The fraction of sp³-hybridized carbons (Fsp3) is 0.435. The molecule has 164 valence electrons. The zero-order chi connectivity index (χ0) is 22.0. The number of para-hydroxylation sites is 1. The maximum atomic E-state index is 13.3. The standard InChI is InChI=1S/C23H30N6OS/c1-17(2)31-22-21(15-24-29(23(22)30)19-8-6-5-7-9-19)28-12-10-27(11-13-28)16-20-14-18(3)25-26(20)4/h5-9,14-15,17H,10-13,16H2,1-4H3. The molecule has 0 N–H and O–H groups in total. The van der Waals surface area contributed by atoms with Crippen molar-refractivity contribution in [3.05, 3.63) is 64.3 Å². The van der Waals surface area contributed by atoms with E-state index >= 15 is 0 Å². The Morgan fingerprint density at radius 2 is 1.81 bits per heavy atom. The number of nitrogens with zero attached hydrogens (tertiary/aromatic N) is 6. The summed E-state index contributed by atoms with van der Waals surface area (Å²) in [5.41, 5.74) is 3.98. The maximum absolute atomic E-state index is 13.3. The third-order valence-corrected chi connectivity index (χ3v) is 6.56. The van der Waals surface area contributed by atoms with Gasteiger partial charge in [0, 0.05) is 45.0 Å². The van der Waals surface area contributed by atoms with Crippen molar-refractivity contribution >= 4 is 17.4 Å². The Bertz CT molecular complexity index is 1080. The molecule has 7 nitrogen and oxygen atoms in total. The minimum Gasteiger partial charge on any atom is -0.367 e.